The molecule has 0 aliphatic carbocycles. The molecule has 1 saturated heterocycles. The zero-order valence-corrected chi connectivity index (χ0v) is 6.14. The van der Waals surface area contributed by atoms with E-state index in [0.717, 1.165) is 0 Å². The molecule has 1 heterocycles. The van der Waals surface area contributed by atoms with E-state index in [1.54, 1.807) is 0 Å². The van der Waals surface area contributed by atoms with Gasteiger partial charge in [-0.1, -0.05) is 0 Å². The highest BCUT2D eigenvalue weighted by Crippen LogP contribution is 2.29. The van der Waals surface area contributed by atoms with Crippen molar-refractivity contribution in [3.63, 3.8) is 0 Å². The Kier molecular flexibility index (Phi) is 2.17. The maximum absolute atomic E-state index is 9.40. The summed E-state index contributed by atoms with van der Waals surface area (Å²) in [5, 5.41) is 36.0. The van der Waals surface area contributed by atoms with Crippen LogP contribution in [0.5, 0.6) is 0 Å². The molecular weight excluding hydrogens is 152 g/mol. The molecule has 0 bridgehead atoms. The summed E-state index contributed by atoms with van der Waals surface area (Å²) in [6.45, 7) is 0.871. The summed E-state index contributed by atoms with van der Waals surface area (Å²) >= 11 is 0. The second kappa shape index (κ2) is 2.69. The minimum Gasteiger partial charge on any atom is -0.394 e. The van der Waals surface area contributed by atoms with Crippen molar-refractivity contribution in [2.24, 2.45) is 0 Å². The van der Waals surface area contributed by atoms with Crippen LogP contribution < -0.4 is 0 Å². The normalized spacial score (nSPS) is 51.5. The third kappa shape index (κ3) is 1.25. The van der Waals surface area contributed by atoms with Gasteiger partial charge in [0.2, 0.25) is 0 Å². The molecule has 0 amide bonds. The molecule has 11 heavy (non-hydrogen) atoms. The number of aliphatic hydroxyl groups excluding tert-OH is 3. The highest BCUT2D eigenvalue weighted by molar-refractivity contribution is 4.96. The van der Waals surface area contributed by atoms with E-state index in [2.05, 4.69) is 4.74 Å². The van der Waals surface area contributed by atoms with Crippen molar-refractivity contribution < 1.29 is 25.2 Å². The first-order valence-electron chi connectivity index (χ1n) is 3.35. The fourth-order valence-corrected chi connectivity index (χ4v) is 1.09. The molecule has 5 nitrogen and oxygen atoms in total. The van der Waals surface area contributed by atoms with Gasteiger partial charge in [0.1, 0.15) is 17.8 Å². The Bertz CT molecular complexity index is 146. The summed E-state index contributed by atoms with van der Waals surface area (Å²) in [6.07, 6.45) is -3.70. The minimum absolute atomic E-state index is 0.429. The average Bonchev–Trinajstić information content (AvgIpc) is 2.13. The molecular formula is C6H12O5. The monoisotopic (exact) mass is 164 g/mol. The molecule has 0 saturated carbocycles. The van der Waals surface area contributed by atoms with Crippen molar-refractivity contribution in [1.82, 2.24) is 0 Å². The predicted molar refractivity (Wildman–Crippen MR) is 34.6 cm³/mol. The molecule has 66 valence electrons. The van der Waals surface area contributed by atoms with Crippen LogP contribution in [0, 0.1) is 0 Å². The maximum Gasteiger partial charge on any atom is 0.184 e. The van der Waals surface area contributed by atoms with E-state index in [9.17, 15) is 5.11 Å². The Morgan fingerprint density at radius 1 is 1.45 bits per heavy atom. The summed E-state index contributed by atoms with van der Waals surface area (Å²) in [6, 6.07) is 0. The van der Waals surface area contributed by atoms with Crippen molar-refractivity contribution in [2.75, 3.05) is 6.61 Å². The third-order valence-corrected chi connectivity index (χ3v) is 1.99. The lowest BCUT2D eigenvalue weighted by Crippen LogP contribution is -2.46. The van der Waals surface area contributed by atoms with Crippen LogP contribution in [0.25, 0.3) is 0 Å². The van der Waals surface area contributed by atoms with Gasteiger partial charge in [0, 0.05) is 0 Å². The predicted octanol–water partition coefficient (Wildman–Crippen LogP) is -2.19. The van der Waals surface area contributed by atoms with Crippen molar-refractivity contribution in [2.45, 2.75) is 31.0 Å². The lowest BCUT2D eigenvalue weighted by atomic mass is 9.96. The fraction of sp³-hybridized carbons (Fsp3) is 1.00. The van der Waals surface area contributed by atoms with Crippen LogP contribution in [0.4, 0.5) is 0 Å². The van der Waals surface area contributed by atoms with Gasteiger partial charge < -0.3 is 25.2 Å². The number of hydrogen-bond acceptors (Lipinski definition) is 5. The van der Waals surface area contributed by atoms with Crippen molar-refractivity contribution in [3.05, 3.63) is 0 Å². The fourth-order valence-electron chi connectivity index (χ4n) is 1.09. The molecule has 0 aromatic carbocycles. The van der Waals surface area contributed by atoms with Gasteiger partial charge in [-0.15, -0.1) is 0 Å². The molecule has 1 aliphatic heterocycles. The first-order valence-corrected chi connectivity index (χ1v) is 3.35. The van der Waals surface area contributed by atoms with Gasteiger partial charge >= 0.3 is 0 Å². The molecule has 1 fully saturated rings. The van der Waals surface area contributed by atoms with Crippen LogP contribution in [0.15, 0.2) is 0 Å². The first kappa shape index (κ1) is 8.89. The highest BCUT2D eigenvalue weighted by atomic mass is 16.6. The van der Waals surface area contributed by atoms with Crippen LogP contribution in [-0.4, -0.2) is 51.1 Å². The van der Waals surface area contributed by atoms with E-state index < -0.39 is 30.7 Å². The summed E-state index contributed by atoms with van der Waals surface area (Å²) < 4.78 is 4.64. The first-order chi connectivity index (χ1) is 5.00. The molecule has 5 heteroatoms. The number of rotatable bonds is 1. The summed E-state index contributed by atoms with van der Waals surface area (Å²) in [5.41, 5.74) is -1.58. The standard InChI is InChI=1S/C6H12O5/c1-6(10)3(2-7)11-5(9)4(6)8/h3-5,7-10H,2H2,1H3/t3-,4+,5?,6+/m1/s1. The van der Waals surface area contributed by atoms with Crippen LogP contribution in [0.2, 0.25) is 0 Å². The smallest absolute Gasteiger partial charge is 0.184 e. The lowest BCUT2D eigenvalue weighted by molar-refractivity contribution is -0.132. The zero-order valence-electron chi connectivity index (χ0n) is 6.14. The highest BCUT2D eigenvalue weighted by Gasteiger charge is 2.51. The molecule has 0 radical (unpaired) electrons. The van der Waals surface area contributed by atoms with Crippen LogP contribution in [0.1, 0.15) is 6.92 Å². The van der Waals surface area contributed by atoms with Gasteiger partial charge in [0.25, 0.3) is 0 Å². The molecule has 1 aliphatic rings. The van der Waals surface area contributed by atoms with Crippen molar-refractivity contribution in [1.29, 1.82) is 0 Å². The third-order valence-electron chi connectivity index (χ3n) is 1.99. The second-order valence-corrected chi connectivity index (χ2v) is 2.87. The lowest BCUT2D eigenvalue weighted by Gasteiger charge is -2.24. The Hall–Kier alpha value is -0.200. The molecule has 0 aromatic rings. The van der Waals surface area contributed by atoms with Gasteiger partial charge in [-0.3, -0.25) is 0 Å². The van der Waals surface area contributed by atoms with E-state index >= 15 is 0 Å². The average molecular weight is 164 g/mol. The molecule has 4 N–H and O–H groups in total. The van der Waals surface area contributed by atoms with Crippen LogP contribution >= 0.6 is 0 Å². The van der Waals surface area contributed by atoms with Crippen LogP contribution in [-0.2, 0) is 4.74 Å². The van der Waals surface area contributed by atoms with E-state index in [4.69, 9.17) is 15.3 Å². The number of aliphatic hydroxyl groups is 4. The van der Waals surface area contributed by atoms with Gasteiger partial charge in [0.15, 0.2) is 6.29 Å². The molecule has 1 rings (SSSR count). The van der Waals surface area contributed by atoms with E-state index in [0.29, 0.717) is 0 Å². The topological polar surface area (TPSA) is 90.2 Å². The summed E-state index contributed by atoms with van der Waals surface area (Å²) in [4.78, 5) is 0. The minimum atomic E-state index is -1.58. The van der Waals surface area contributed by atoms with E-state index in [1.165, 1.54) is 6.92 Å². The summed E-state index contributed by atoms with van der Waals surface area (Å²) in [7, 11) is 0. The summed E-state index contributed by atoms with van der Waals surface area (Å²) in [5.74, 6) is 0. The molecule has 4 atom stereocenters. The van der Waals surface area contributed by atoms with E-state index in [-0.39, 0.29) is 0 Å². The van der Waals surface area contributed by atoms with Gasteiger partial charge in [0.05, 0.1) is 6.61 Å². The van der Waals surface area contributed by atoms with Crippen molar-refractivity contribution >= 4 is 0 Å². The quantitative estimate of drug-likeness (QED) is 0.353. The number of hydrogen-bond donors (Lipinski definition) is 4. The van der Waals surface area contributed by atoms with Crippen LogP contribution in [0.3, 0.4) is 0 Å². The zero-order chi connectivity index (χ0) is 8.65. The largest absolute Gasteiger partial charge is 0.394 e. The van der Waals surface area contributed by atoms with Gasteiger partial charge in [-0.05, 0) is 6.92 Å². The Balaban J connectivity index is 2.74. The Morgan fingerprint density at radius 2 is 2.00 bits per heavy atom. The van der Waals surface area contributed by atoms with Crippen molar-refractivity contribution in [3.8, 4) is 0 Å². The second-order valence-electron chi connectivity index (χ2n) is 2.87. The molecule has 1 unspecified atom stereocenters. The Labute approximate surface area is 63.8 Å². The van der Waals surface area contributed by atoms with Gasteiger partial charge in [-0.2, -0.15) is 0 Å². The van der Waals surface area contributed by atoms with Gasteiger partial charge in [-0.25, -0.2) is 0 Å². The molecule has 0 aromatic heterocycles. The van der Waals surface area contributed by atoms with E-state index in [1.807, 2.05) is 0 Å². The SMILES string of the molecule is C[C@]1(O)[C@@H](CO)OC(O)[C@@H]1O. The number of ether oxygens (including phenoxy) is 1. The Morgan fingerprint density at radius 3 is 2.18 bits per heavy atom. The maximum atomic E-state index is 9.40. The molecule has 0 spiro atoms.